The first kappa shape index (κ1) is 14.0. The molecule has 1 aromatic rings. The number of Topliss-reactive ketones (excluding diaryl/α,β-unsaturated/α-hetero) is 1. The second-order valence-electron chi connectivity index (χ2n) is 4.29. The number of carbonyl (C=O) groups excluding carboxylic acids is 1. The summed E-state index contributed by atoms with van der Waals surface area (Å²) in [5, 5.41) is 0. The molecule has 1 rings (SSSR count). The first-order chi connectivity index (χ1) is 7.92. The molecule has 0 aliphatic carbocycles. The van der Waals surface area contributed by atoms with Gasteiger partial charge in [0, 0.05) is 37.2 Å². The van der Waals surface area contributed by atoms with E-state index < -0.39 is 9.84 Å². The third kappa shape index (κ3) is 5.17. The van der Waals surface area contributed by atoms with Gasteiger partial charge in [-0.3, -0.25) is 4.79 Å². The molecule has 0 unspecified atom stereocenters. The van der Waals surface area contributed by atoms with Crippen molar-refractivity contribution in [2.24, 2.45) is 0 Å². The smallest absolute Gasteiger partial charge is 0.164 e. The number of carbonyl (C=O) groups is 1. The Bertz CT molecular complexity index is 474. The Morgan fingerprint density at radius 3 is 2.71 bits per heavy atom. The average molecular weight is 257 g/mol. The number of sulfone groups is 1. The van der Waals surface area contributed by atoms with Crippen LogP contribution in [-0.2, 0) is 16.4 Å². The maximum Gasteiger partial charge on any atom is 0.164 e. The number of nitrogens with zero attached hydrogens (tertiary/aromatic N) is 1. The van der Waals surface area contributed by atoms with Crippen molar-refractivity contribution in [3.63, 3.8) is 0 Å². The lowest BCUT2D eigenvalue weighted by atomic mass is 10.1. The molecule has 0 radical (unpaired) electrons. The third-order valence-electron chi connectivity index (χ3n) is 2.48. The molecule has 0 atom stereocenters. The van der Waals surface area contributed by atoms with E-state index in [1.165, 1.54) is 6.26 Å². The van der Waals surface area contributed by atoms with Gasteiger partial charge in [0.2, 0.25) is 0 Å². The van der Waals surface area contributed by atoms with Gasteiger partial charge in [-0.15, -0.1) is 0 Å². The van der Waals surface area contributed by atoms with Crippen molar-refractivity contribution >= 4 is 15.6 Å². The van der Waals surface area contributed by atoms with E-state index >= 15 is 0 Å². The number of aromatic nitrogens is 1. The molecule has 0 amide bonds. The number of aryl methyl sites for hydroxylation is 1. The molecule has 0 fully saturated rings. The van der Waals surface area contributed by atoms with Crippen LogP contribution in [0.25, 0.3) is 0 Å². The fourth-order valence-corrected chi connectivity index (χ4v) is 2.28. The van der Waals surface area contributed by atoms with E-state index in [2.05, 4.69) is 0 Å². The van der Waals surface area contributed by atoms with Crippen molar-refractivity contribution in [3.05, 3.63) is 24.0 Å². The normalized spacial score (nSPS) is 11.6. The molecule has 0 N–H and O–H groups in total. The SMILES string of the molecule is CCCC(=O)c1ccn(CCCS(C)(=O)=O)c1. The Hall–Kier alpha value is -1.10. The lowest BCUT2D eigenvalue weighted by Crippen LogP contribution is -2.06. The minimum Gasteiger partial charge on any atom is -0.353 e. The quantitative estimate of drug-likeness (QED) is 0.701. The van der Waals surface area contributed by atoms with Crippen LogP contribution in [0.5, 0.6) is 0 Å². The summed E-state index contributed by atoms with van der Waals surface area (Å²) in [5.41, 5.74) is 0.714. The minimum absolute atomic E-state index is 0.148. The van der Waals surface area contributed by atoms with Crippen LogP contribution >= 0.6 is 0 Å². The molecule has 1 aromatic heterocycles. The molecule has 0 saturated carbocycles. The largest absolute Gasteiger partial charge is 0.353 e. The molecule has 0 aliphatic heterocycles. The maximum atomic E-state index is 11.6. The molecular weight excluding hydrogens is 238 g/mol. The maximum absolute atomic E-state index is 11.6. The lowest BCUT2D eigenvalue weighted by Gasteiger charge is -2.01. The van der Waals surface area contributed by atoms with Crippen molar-refractivity contribution < 1.29 is 13.2 Å². The van der Waals surface area contributed by atoms with Gasteiger partial charge in [0.15, 0.2) is 5.78 Å². The third-order valence-corrected chi connectivity index (χ3v) is 3.51. The highest BCUT2D eigenvalue weighted by Gasteiger charge is 2.07. The van der Waals surface area contributed by atoms with Crippen molar-refractivity contribution in [2.75, 3.05) is 12.0 Å². The summed E-state index contributed by atoms with van der Waals surface area (Å²) in [4.78, 5) is 11.6. The summed E-state index contributed by atoms with van der Waals surface area (Å²) in [6, 6.07) is 1.79. The van der Waals surface area contributed by atoms with E-state index in [1.54, 1.807) is 12.3 Å². The highest BCUT2D eigenvalue weighted by molar-refractivity contribution is 7.90. The molecule has 96 valence electrons. The molecule has 17 heavy (non-hydrogen) atoms. The minimum atomic E-state index is -2.89. The monoisotopic (exact) mass is 257 g/mol. The van der Waals surface area contributed by atoms with Crippen LogP contribution in [0.4, 0.5) is 0 Å². The summed E-state index contributed by atoms with van der Waals surface area (Å²) >= 11 is 0. The van der Waals surface area contributed by atoms with Gasteiger partial charge < -0.3 is 4.57 Å². The Morgan fingerprint density at radius 1 is 1.41 bits per heavy atom. The second-order valence-corrected chi connectivity index (χ2v) is 6.55. The number of hydrogen-bond donors (Lipinski definition) is 0. The van der Waals surface area contributed by atoms with Crippen LogP contribution in [0, 0.1) is 0 Å². The summed E-state index contributed by atoms with van der Waals surface area (Å²) in [6.07, 6.45) is 6.84. The second kappa shape index (κ2) is 6.00. The van der Waals surface area contributed by atoms with Crippen LogP contribution in [0.2, 0.25) is 0 Å². The predicted octanol–water partition coefficient (Wildman–Crippen LogP) is 1.91. The molecule has 0 spiro atoms. The van der Waals surface area contributed by atoms with Gasteiger partial charge in [0.1, 0.15) is 9.84 Å². The van der Waals surface area contributed by atoms with Crippen LogP contribution in [0.15, 0.2) is 18.5 Å². The van der Waals surface area contributed by atoms with Gasteiger partial charge in [-0.2, -0.15) is 0 Å². The standard InChI is InChI=1S/C12H19NO3S/c1-3-5-12(14)11-6-8-13(10-11)7-4-9-17(2,15)16/h6,8,10H,3-5,7,9H2,1-2H3. The average Bonchev–Trinajstić information content (AvgIpc) is 2.65. The van der Waals surface area contributed by atoms with Crippen LogP contribution in [0.3, 0.4) is 0 Å². The van der Waals surface area contributed by atoms with E-state index in [9.17, 15) is 13.2 Å². The highest BCUT2D eigenvalue weighted by Crippen LogP contribution is 2.07. The van der Waals surface area contributed by atoms with Crippen molar-refractivity contribution in [2.45, 2.75) is 32.7 Å². The lowest BCUT2D eigenvalue weighted by molar-refractivity contribution is 0.0981. The van der Waals surface area contributed by atoms with Crippen molar-refractivity contribution in [3.8, 4) is 0 Å². The first-order valence-electron chi connectivity index (χ1n) is 5.79. The zero-order valence-corrected chi connectivity index (χ0v) is 11.2. The van der Waals surface area contributed by atoms with Crippen LogP contribution in [-0.4, -0.2) is 30.8 Å². The van der Waals surface area contributed by atoms with Crippen LogP contribution < -0.4 is 0 Å². The van der Waals surface area contributed by atoms with E-state index in [1.807, 2.05) is 17.7 Å². The molecule has 5 heteroatoms. The first-order valence-corrected chi connectivity index (χ1v) is 7.85. The number of rotatable bonds is 7. The molecule has 4 nitrogen and oxygen atoms in total. The van der Waals surface area contributed by atoms with Gasteiger partial charge in [-0.1, -0.05) is 6.92 Å². The summed E-state index contributed by atoms with van der Waals surface area (Å²) < 4.78 is 23.8. The topological polar surface area (TPSA) is 56.1 Å². The Kier molecular flexibility index (Phi) is 4.93. The Labute approximate surface area is 103 Å². The van der Waals surface area contributed by atoms with Gasteiger partial charge in [-0.05, 0) is 18.9 Å². The fourth-order valence-electron chi connectivity index (χ4n) is 1.63. The predicted molar refractivity (Wildman–Crippen MR) is 68.0 cm³/mol. The molecule has 0 aromatic carbocycles. The van der Waals surface area contributed by atoms with Crippen molar-refractivity contribution in [1.82, 2.24) is 4.57 Å². The molecular formula is C12H19NO3S. The summed E-state index contributed by atoms with van der Waals surface area (Å²) in [5.74, 6) is 0.332. The van der Waals surface area contributed by atoms with Gasteiger partial charge in [-0.25, -0.2) is 8.42 Å². The molecule has 0 bridgehead atoms. The number of ketones is 1. The zero-order chi connectivity index (χ0) is 12.9. The molecule has 0 aliphatic rings. The van der Waals surface area contributed by atoms with E-state index in [0.717, 1.165) is 6.42 Å². The van der Waals surface area contributed by atoms with Gasteiger partial charge in [0.25, 0.3) is 0 Å². The number of hydrogen-bond acceptors (Lipinski definition) is 3. The van der Waals surface area contributed by atoms with E-state index in [0.29, 0.717) is 24.9 Å². The molecule has 1 heterocycles. The zero-order valence-electron chi connectivity index (χ0n) is 10.3. The van der Waals surface area contributed by atoms with Gasteiger partial charge >= 0.3 is 0 Å². The van der Waals surface area contributed by atoms with E-state index in [4.69, 9.17) is 0 Å². The Balaban J connectivity index is 2.49. The highest BCUT2D eigenvalue weighted by atomic mass is 32.2. The molecule has 0 saturated heterocycles. The van der Waals surface area contributed by atoms with Gasteiger partial charge in [0.05, 0.1) is 5.75 Å². The Morgan fingerprint density at radius 2 is 2.12 bits per heavy atom. The van der Waals surface area contributed by atoms with Crippen LogP contribution in [0.1, 0.15) is 36.5 Å². The van der Waals surface area contributed by atoms with E-state index in [-0.39, 0.29) is 11.5 Å². The summed E-state index contributed by atoms with van der Waals surface area (Å²) in [7, 11) is -2.89. The summed E-state index contributed by atoms with van der Waals surface area (Å²) in [6.45, 7) is 2.60. The van der Waals surface area contributed by atoms with Crippen molar-refractivity contribution in [1.29, 1.82) is 0 Å². The fraction of sp³-hybridized carbons (Fsp3) is 0.583.